The van der Waals surface area contributed by atoms with Crippen LogP contribution < -0.4 is 15.8 Å². The zero-order chi connectivity index (χ0) is 18.8. The molecular weight excluding hydrogens is 406 g/mol. The number of carbonyl (C=O) groups excluding carboxylic acids is 2. The van der Waals surface area contributed by atoms with Gasteiger partial charge in [-0.15, -0.1) is 0 Å². The van der Waals surface area contributed by atoms with Crippen LogP contribution in [0.2, 0.25) is 0 Å². The SMILES string of the molecule is O=C(Nc1cccc2ccccc12)C1=CCC(=O)N(c2ccc(Br)cc2)N1. The van der Waals surface area contributed by atoms with Crippen molar-refractivity contribution in [2.45, 2.75) is 6.42 Å². The smallest absolute Gasteiger partial charge is 0.273 e. The van der Waals surface area contributed by atoms with Crippen LogP contribution in [0.15, 0.2) is 83.0 Å². The molecule has 0 unspecified atom stereocenters. The second kappa shape index (κ2) is 7.25. The third kappa shape index (κ3) is 3.57. The van der Waals surface area contributed by atoms with Crippen molar-refractivity contribution in [2.24, 2.45) is 0 Å². The number of rotatable bonds is 3. The van der Waals surface area contributed by atoms with Crippen LogP contribution in [0.25, 0.3) is 10.8 Å². The van der Waals surface area contributed by atoms with E-state index in [1.807, 2.05) is 54.6 Å². The normalized spacial score (nSPS) is 13.9. The van der Waals surface area contributed by atoms with Crippen LogP contribution in [0, 0.1) is 0 Å². The number of amides is 2. The Hall–Kier alpha value is -3.12. The summed E-state index contributed by atoms with van der Waals surface area (Å²) < 4.78 is 0.917. The van der Waals surface area contributed by atoms with Crippen LogP contribution >= 0.6 is 15.9 Å². The molecule has 0 radical (unpaired) electrons. The number of benzene rings is 3. The highest BCUT2D eigenvalue weighted by atomic mass is 79.9. The molecule has 0 aliphatic carbocycles. The zero-order valence-corrected chi connectivity index (χ0v) is 15.9. The largest absolute Gasteiger partial charge is 0.320 e. The fourth-order valence-electron chi connectivity index (χ4n) is 2.98. The van der Waals surface area contributed by atoms with E-state index in [2.05, 4.69) is 26.7 Å². The summed E-state index contributed by atoms with van der Waals surface area (Å²) in [5.41, 5.74) is 4.67. The van der Waals surface area contributed by atoms with Gasteiger partial charge in [0.2, 0.25) is 5.91 Å². The van der Waals surface area contributed by atoms with E-state index in [4.69, 9.17) is 0 Å². The molecule has 0 fully saturated rings. The van der Waals surface area contributed by atoms with Crippen molar-refractivity contribution in [2.75, 3.05) is 10.3 Å². The van der Waals surface area contributed by atoms with E-state index in [9.17, 15) is 9.59 Å². The van der Waals surface area contributed by atoms with Crippen LogP contribution in [0.4, 0.5) is 11.4 Å². The Labute approximate surface area is 164 Å². The van der Waals surface area contributed by atoms with Gasteiger partial charge >= 0.3 is 0 Å². The van der Waals surface area contributed by atoms with Crippen molar-refractivity contribution in [3.05, 3.63) is 83.0 Å². The quantitative estimate of drug-likeness (QED) is 0.659. The van der Waals surface area contributed by atoms with Gasteiger partial charge in [-0.3, -0.25) is 15.0 Å². The predicted molar refractivity (Wildman–Crippen MR) is 110 cm³/mol. The van der Waals surface area contributed by atoms with Gasteiger partial charge in [0.15, 0.2) is 0 Å². The number of nitrogens with zero attached hydrogens (tertiary/aromatic N) is 1. The summed E-state index contributed by atoms with van der Waals surface area (Å²) in [7, 11) is 0. The molecule has 6 heteroatoms. The Kier molecular flexibility index (Phi) is 4.64. The minimum atomic E-state index is -0.291. The molecule has 2 amide bonds. The number of carbonyl (C=O) groups is 2. The van der Waals surface area contributed by atoms with Crippen molar-refractivity contribution in [1.82, 2.24) is 5.43 Å². The topological polar surface area (TPSA) is 61.4 Å². The highest BCUT2D eigenvalue weighted by Gasteiger charge is 2.24. The molecule has 0 aromatic heterocycles. The van der Waals surface area contributed by atoms with E-state index >= 15 is 0 Å². The number of anilines is 2. The summed E-state index contributed by atoms with van der Waals surface area (Å²) in [6.07, 6.45) is 1.76. The maximum atomic E-state index is 12.8. The molecule has 2 N–H and O–H groups in total. The van der Waals surface area contributed by atoms with Crippen LogP contribution in [0.1, 0.15) is 6.42 Å². The third-order valence-corrected chi connectivity index (χ3v) is 4.86. The Morgan fingerprint density at radius 3 is 2.56 bits per heavy atom. The first-order chi connectivity index (χ1) is 13.1. The van der Waals surface area contributed by atoms with Crippen LogP contribution in [-0.4, -0.2) is 11.8 Å². The molecule has 0 saturated heterocycles. The lowest BCUT2D eigenvalue weighted by Crippen LogP contribution is -2.47. The van der Waals surface area contributed by atoms with E-state index in [-0.39, 0.29) is 18.2 Å². The Balaban J connectivity index is 1.56. The molecule has 1 heterocycles. The highest BCUT2D eigenvalue weighted by Crippen LogP contribution is 2.24. The Morgan fingerprint density at radius 1 is 1.00 bits per heavy atom. The lowest BCUT2D eigenvalue weighted by molar-refractivity contribution is -0.119. The van der Waals surface area contributed by atoms with Gasteiger partial charge in [0, 0.05) is 22.0 Å². The molecule has 4 rings (SSSR count). The molecule has 0 atom stereocenters. The summed E-state index contributed by atoms with van der Waals surface area (Å²) in [5.74, 6) is -0.417. The number of fused-ring (bicyclic) bond motifs is 1. The number of hydrogen-bond acceptors (Lipinski definition) is 3. The van der Waals surface area contributed by atoms with Crippen LogP contribution in [0.5, 0.6) is 0 Å². The molecule has 1 aliphatic heterocycles. The predicted octanol–water partition coefficient (Wildman–Crippen LogP) is 4.37. The Bertz CT molecular complexity index is 1060. The van der Waals surface area contributed by atoms with Crippen molar-refractivity contribution in [3.8, 4) is 0 Å². The fourth-order valence-corrected chi connectivity index (χ4v) is 3.24. The summed E-state index contributed by atoms with van der Waals surface area (Å²) in [4.78, 5) is 25.0. The molecule has 3 aromatic rings. The average Bonchev–Trinajstić information content (AvgIpc) is 2.69. The van der Waals surface area contributed by atoms with Gasteiger partial charge in [-0.1, -0.05) is 52.3 Å². The van der Waals surface area contributed by atoms with Crippen LogP contribution in [-0.2, 0) is 9.59 Å². The monoisotopic (exact) mass is 421 g/mol. The summed E-state index contributed by atoms with van der Waals surface area (Å²) in [5, 5.41) is 6.34. The zero-order valence-electron chi connectivity index (χ0n) is 14.3. The molecule has 1 aliphatic rings. The molecule has 0 spiro atoms. The molecule has 0 saturated carbocycles. The second-order valence-electron chi connectivity index (χ2n) is 6.12. The molecule has 134 valence electrons. The Morgan fingerprint density at radius 2 is 1.74 bits per heavy atom. The fraction of sp³-hybridized carbons (Fsp3) is 0.0476. The van der Waals surface area contributed by atoms with Crippen molar-refractivity contribution >= 4 is 49.9 Å². The van der Waals surface area contributed by atoms with Gasteiger partial charge < -0.3 is 5.32 Å². The van der Waals surface area contributed by atoms with E-state index in [1.165, 1.54) is 5.01 Å². The summed E-state index contributed by atoms with van der Waals surface area (Å²) in [6, 6.07) is 20.9. The molecule has 0 bridgehead atoms. The summed E-state index contributed by atoms with van der Waals surface area (Å²) in [6.45, 7) is 0. The first-order valence-electron chi connectivity index (χ1n) is 8.46. The highest BCUT2D eigenvalue weighted by molar-refractivity contribution is 9.10. The van der Waals surface area contributed by atoms with Crippen molar-refractivity contribution in [3.63, 3.8) is 0 Å². The molecule has 27 heavy (non-hydrogen) atoms. The number of halogens is 1. The van der Waals surface area contributed by atoms with E-state index in [0.29, 0.717) is 11.4 Å². The molecule has 3 aromatic carbocycles. The van der Waals surface area contributed by atoms with Gasteiger partial charge in [0.25, 0.3) is 5.91 Å². The third-order valence-electron chi connectivity index (χ3n) is 4.33. The standard InChI is InChI=1S/C21H16BrN3O2/c22-15-8-10-16(11-9-15)25-20(26)13-12-19(24-25)21(27)23-18-7-3-5-14-4-1-2-6-17(14)18/h1-12,24H,13H2,(H,23,27). The minimum absolute atomic E-state index is 0.126. The van der Waals surface area contributed by atoms with Gasteiger partial charge in [-0.2, -0.15) is 0 Å². The molecule has 5 nitrogen and oxygen atoms in total. The maximum Gasteiger partial charge on any atom is 0.273 e. The lowest BCUT2D eigenvalue weighted by Gasteiger charge is -2.28. The average molecular weight is 422 g/mol. The summed E-state index contributed by atoms with van der Waals surface area (Å²) >= 11 is 3.38. The van der Waals surface area contributed by atoms with E-state index < -0.39 is 0 Å². The van der Waals surface area contributed by atoms with E-state index in [0.717, 1.165) is 20.9 Å². The van der Waals surface area contributed by atoms with Gasteiger partial charge in [-0.05, 0) is 41.8 Å². The molecular formula is C21H16BrN3O2. The number of nitrogens with one attached hydrogen (secondary N) is 2. The lowest BCUT2D eigenvalue weighted by atomic mass is 10.1. The number of hydrogen-bond donors (Lipinski definition) is 2. The minimum Gasteiger partial charge on any atom is -0.320 e. The first-order valence-corrected chi connectivity index (χ1v) is 9.25. The van der Waals surface area contributed by atoms with Gasteiger partial charge in [-0.25, -0.2) is 5.01 Å². The van der Waals surface area contributed by atoms with Crippen LogP contribution in [0.3, 0.4) is 0 Å². The first kappa shape index (κ1) is 17.3. The van der Waals surface area contributed by atoms with Gasteiger partial charge in [0.1, 0.15) is 5.70 Å². The van der Waals surface area contributed by atoms with Crippen molar-refractivity contribution < 1.29 is 9.59 Å². The van der Waals surface area contributed by atoms with E-state index in [1.54, 1.807) is 18.2 Å². The second-order valence-corrected chi connectivity index (χ2v) is 7.04. The van der Waals surface area contributed by atoms with Crippen molar-refractivity contribution in [1.29, 1.82) is 0 Å². The number of hydrazine groups is 1. The van der Waals surface area contributed by atoms with Gasteiger partial charge in [0.05, 0.1) is 5.69 Å². The maximum absolute atomic E-state index is 12.8.